The second kappa shape index (κ2) is 9.30. The van der Waals surface area contributed by atoms with E-state index in [1.807, 2.05) is 0 Å². The van der Waals surface area contributed by atoms with Crippen molar-refractivity contribution >= 4 is 35.2 Å². The zero-order chi connectivity index (χ0) is 18.9. The molecular formula is C20H17ClN2O3. The average molecular weight is 369 g/mol. The maximum absolute atomic E-state index is 11.9. The van der Waals surface area contributed by atoms with Gasteiger partial charge in [-0.2, -0.15) is 0 Å². The molecule has 132 valence electrons. The lowest BCUT2D eigenvalue weighted by atomic mass is 10.2. The van der Waals surface area contributed by atoms with Gasteiger partial charge >= 0.3 is 0 Å². The lowest BCUT2D eigenvalue weighted by Crippen LogP contribution is -2.31. The van der Waals surface area contributed by atoms with Crippen molar-refractivity contribution < 1.29 is 14.3 Å². The van der Waals surface area contributed by atoms with E-state index in [2.05, 4.69) is 16.6 Å². The van der Waals surface area contributed by atoms with Crippen LogP contribution in [0.5, 0.6) is 5.75 Å². The van der Waals surface area contributed by atoms with Crippen LogP contribution in [0.4, 0.5) is 5.69 Å². The van der Waals surface area contributed by atoms with Crippen LogP contribution < -0.4 is 15.4 Å². The largest absolute Gasteiger partial charge is 0.496 e. The lowest BCUT2D eigenvalue weighted by Gasteiger charge is -2.06. The molecule has 0 unspecified atom stereocenters. The third-order valence-corrected chi connectivity index (χ3v) is 3.58. The summed E-state index contributed by atoms with van der Waals surface area (Å²) in [5, 5.41) is 5.69. The molecule has 26 heavy (non-hydrogen) atoms. The number of anilines is 1. The molecule has 2 aromatic carbocycles. The molecule has 0 aliphatic carbocycles. The van der Waals surface area contributed by atoms with E-state index >= 15 is 0 Å². The van der Waals surface area contributed by atoms with E-state index in [-0.39, 0.29) is 12.5 Å². The van der Waals surface area contributed by atoms with Crippen molar-refractivity contribution in [3.05, 3.63) is 64.7 Å². The van der Waals surface area contributed by atoms with Gasteiger partial charge in [0.05, 0.1) is 13.7 Å². The fourth-order valence-corrected chi connectivity index (χ4v) is 2.30. The minimum absolute atomic E-state index is 0.171. The van der Waals surface area contributed by atoms with Crippen molar-refractivity contribution in [1.82, 2.24) is 5.32 Å². The van der Waals surface area contributed by atoms with E-state index in [4.69, 9.17) is 22.8 Å². The van der Waals surface area contributed by atoms with Crippen molar-refractivity contribution in [2.24, 2.45) is 0 Å². The van der Waals surface area contributed by atoms with Crippen LogP contribution in [0.25, 0.3) is 6.08 Å². The normalized spacial score (nSPS) is 10.2. The molecule has 6 heteroatoms. The number of amides is 2. The van der Waals surface area contributed by atoms with Gasteiger partial charge in [0.1, 0.15) is 5.75 Å². The van der Waals surface area contributed by atoms with Gasteiger partial charge in [-0.1, -0.05) is 23.6 Å². The molecule has 2 aromatic rings. The molecular weight excluding hydrogens is 352 g/mol. The van der Waals surface area contributed by atoms with Crippen LogP contribution in [0.1, 0.15) is 11.1 Å². The van der Waals surface area contributed by atoms with Crippen molar-refractivity contribution in [2.45, 2.75) is 0 Å². The van der Waals surface area contributed by atoms with Crippen LogP contribution >= 0.6 is 11.6 Å². The predicted molar refractivity (Wildman–Crippen MR) is 103 cm³/mol. The minimum Gasteiger partial charge on any atom is -0.496 e. The Morgan fingerprint density at radius 1 is 1.27 bits per heavy atom. The standard InChI is InChI=1S/C20H17ClN2O3/c1-3-14-5-4-6-17(11-14)23-20(25)13-22-19(24)10-7-15-12-16(21)8-9-18(15)26-2/h1,4-12H,13H2,2H3,(H,22,24)(H,23,25)/b10-7+. The van der Waals surface area contributed by atoms with Crippen LogP contribution in [0.3, 0.4) is 0 Å². The van der Waals surface area contributed by atoms with Crippen LogP contribution in [-0.2, 0) is 9.59 Å². The number of halogens is 1. The lowest BCUT2D eigenvalue weighted by molar-refractivity contribution is -0.121. The summed E-state index contributed by atoms with van der Waals surface area (Å²) in [5.74, 6) is 2.30. The Morgan fingerprint density at radius 3 is 2.81 bits per heavy atom. The first-order valence-electron chi connectivity index (χ1n) is 7.68. The number of benzene rings is 2. The van der Waals surface area contributed by atoms with E-state index in [1.54, 1.807) is 48.5 Å². The monoisotopic (exact) mass is 368 g/mol. The molecule has 0 saturated heterocycles. The minimum atomic E-state index is -0.417. The van der Waals surface area contributed by atoms with Gasteiger partial charge in [0.2, 0.25) is 11.8 Å². The number of methoxy groups -OCH3 is 1. The molecule has 0 radical (unpaired) electrons. The van der Waals surface area contributed by atoms with Gasteiger partial charge in [0.15, 0.2) is 0 Å². The van der Waals surface area contributed by atoms with Crippen molar-refractivity contribution in [1.29, 1.82) is 0 Å². The summed E-state index contributed by atoms with van der Waals surface area (Å²) in [6.45, 7) is -0.171. The maximum Gasteiger partial charge on any atom is 0.244 e. The molecule has 0 aliphatic heterocycles. The summed E-state index contributed by atoms with van der Waals surface area (Å²) < 4.78 is 5.20. The van der Waals surface area contributed by atoms with Crippen LogP contribution in [0.15, 0.2) is 48.5 Å². The molecule has 2 rings (SSSR count). The Labute approximate surface area is 157 Å². The van der Waals surface area contributed by atoms with Crippen molar-refractivity contribution in [2.75, 3.05) is 19.0 Å². The highest BCUT2D eigenvalue weighted by atomic mass is 35.5. The number of ether oxygens (including phenoxy) is 1. The Morgan fingerprint density at radius 2 is 2.08 bits per heavy atom. The van der Waals surface area contributed by atoms with E-state index in [0.717, 1.165) is 0 Å². The topological polar surface area (TPSA) is 67.4 Å². The van der Waals surface area contributed by atoms with Gasteiger partial charge in [-0.05, 0) is 42.5 Å². The second-order valence-electron chi connectivity index (χ2n) is 5.21. The molecule has 0 bridgehead atoms. The summed E-state index contributed by atoms with van der Waals surface area (Å²) >= 11 is 5.94. The smallest absolute Gasteiger partial charge is 0.244 e. The molecule has 0 aliphatic rings. The molecule has 0 fully saturated rings. The van der Waals surface area contributed by atoms with Gasteiger partial charge < -0.3 is 15.4 Å². The average Bonchev–Trinajstić information content (AvgIpc) is 2.65. The summed E-state index contributed by atoms with van der Waals surface area (Å²) in [6, 6.07) is 12.0. The highest BCUT2D eigenvalue weighted by molar-refractivity contribution is 6.30. The van der Waals surface area contributed by atoms with Crippen LogP contribution in [-0.4, -0.2) is 25.5 Å². The Bertz CT molecular complexity index is 885. The van der Waals surface area contributed by atoms with E-state index in [1.165, 1.54) is 13.2 Å². The Balaban J connectivity index is 1.89. The molecule has 0 atom stereocenters. The van der Waals surface area contributed by atoms with Gasteiger partial charge in [0, 0.05) is 27.9 Å². The first kappa shape index (κ1) is 19.1. The molecule has 0 aromatic heterocycles. The van der Waals surface area contributed by atoms with E-state index in [0.29, 0.717) is 27.6 Å². The fourth-order valence-electron chi connectivity index (χ4n) is 2.12. The molecule has 5 nitrogen and oxygen atoms in total. The number of carbonyl (C=O) groups excluding carboxylic acids is 2. The van der Waals surface area contributed by atoms with E-state index in [9.17, 15) is 9.59 Å². The Kier molecular flexibility index (Phi) is 6.84. The first-order valence-corrected chi connectivity index (χ1v) is 8.05. The second-order valence-corrected chi connectivity index (χ2v) is 5.65. The van der Waals surface area contributed by atoms with Crippen molar-refractivity contribution in [3.8, 4) is 18.1 Å². The summed E-state index contributed by atoms with van der Waals surface area (Å²) in [7, 11) is 1.53. The molecule has 2 amide bonds. The highest BCUT2D eigenvalue weighted by Crippen LogP contribution is 2.23. The number of rotatable bonds is 6. The number of hydrogen-bond donors (Lipinski definition) is 2. The molecule has 0 spiro atoms. The number of carbonyl (C=O) groups is 2. The van der Waals surface area contributed by atoms with Gasteiger partial charge in [0.25, 0.3) is 0 Å². The quantitative estimate of drug-likeness (QED) is 0.608. The molecule has 2 N–H and O–H groups in total. The highest BCUT2D eigenvalue weighted by Gasteiger charge is 2.05. The first-order chi connectivity index (χ1) is 12.5. The zero-order valence-corrected chi connectivity index (χ0v) is 14.8. The maximum atomic E-state index is 11.9. The number of nitrogens with one attached hydrogen (secondary N) is 2. The fraction of sp³-hybridized carbons (Fsp3) is 0.100. The van der Waals surface area contributed by atoms with Gasteiger partial charge in [-0.25, -0.2) is 0 Å². The van der Waals surface area contributed by atoms with Crippen LogP contribution in [0, 0.1) is 12.3 Å². The number of terminal acetylenes is 1. The van der Waals surface area contributed by atoms with Crippen molar-refractivity contribution in [3.63, 3.8) is 0 Å². The van der Waals surface area contributed by atoms with Crippen LogP contribution in [0.2, 0.25) is 5.02 Å². The predicted octanol–water partition coefficient (Wildman–Crippen LogP) is 3.10. The van der Waals surface area contributed by atoms with E-state index < -0.39 is 5.91 Å². The number of hydrogen-bond acceptors (Lipinski definition) is 3. The third kappa shape index (κ3) is 5.69. The SMILES string of the molecule is C#Cc1cccc(NC(=O)CNC(=O)/C=C/c2cc(Cl)ccc2OC)c1. The van der Waals surface area contributed by atoms with Gasteiger partial charge in [-0.3, -0.25) is 9.59 Å². The Hall–Kier alpha value is -3.23. The van der Waals surface area contributed by atoms with Gasteiger partial charge in [-0.15, -0.1) is 6.42 Å². The summed E-state index contributed by atoms with van der Waals surface area (Å²) in [4.78, 5) is 23.8. The summed E-state index contributed by atoms with van der Waals surface area (Å²) in [5.41, 5.74) is 1.88. The zero-order valence-electron chi connectivity index (χ0n) is 14.1. The third-order valence-electron chi connectivity index (χ3n) is 3.34. The molecule has 0 saturated carbocycles. The summed E-state index contributed by atoms with van der Waals surface area (Å²) in [6.07, 6.45) is 8.18. The molecule has 0 heterocycles.